The Hall–Kier alpha value is -2.16. The molecule has 0 saturated carbocycles. The van der Waals surface area contributed by atoms with Crippen LogP contribution in [0.5, 0.6) is 5.75 Å². The zero-order valence-corrected chi connectivity index (χ0v) is 18.0. The molecule has 0 aromatic heterocycles. The van der Waals surface area contributed by atoms with Crippen LogP contribution in [0.25, 0.3) is 0 Å². The van der Waals surface area contributed by atoms with Crippen LogP contribution in [0.4, 0.5) is 10.1 Å². The molecule has 2 saturated heterocycles. The van der Waals surface area contributed by atoms with Crippen molar-refractivity contribution in [1.29, 1.82) is 0 Å². The maximum atomic E-state index is 13.1. The van der Waals surface area contributed by atoms with Crippen LogP contribution in [-0.2, 0) is 10.0 Å². The van der Waals surface area contributed by atoms with Gasteiger partial charge in [-0.15, -0.1) is 0 Å². The summed E-state index contributed by atoms with van der Waals surface area (Å²) in [7, 11) is -1.88. The number of hydrogen-bond acceptors (Lipinski definition) is 5. The SMILES string of the molecule is COc1ccc(N2CCN(C3CCN(S(=O)(=O)c4ccc(F)cc4)CC3)CC2)cc1. The monoisotopic (exact) mass is 433 g/mol. The molecule has 6 nitrogen and oxygen atoms in total. The van der Waals surface area contributed by atoms with E-state index in [1.54, 1.807) is 7.11 Å². The number of ether oxygens (including phenoxy) is 1. The highest BCUT2D eigenvalue weighted by Crippen LogP contribution is 2.26. The van der Waals surface area contributed by atoms with Crippen LogP contribution < -0.4 is 9.64 Å². The zero-order valence-electron chi connectivity index (χ0n) is 17.2. The van der Waals surface area contributed by atoms with Crippen molar-refractivity contribution in [2.24, 2.45) is 0 Å². The molecule has 2 heterocycles. The standard InChI is InChI=1S/C22H28FN3O3S/c1-29-21-6-4-19(5-7-21)24-14-16-25(17-15-24)20-10-12-26(13-11-20)30(27,28)22-8-2-18(23)3-9-22/h2-9,20H,10-17H2,1H3. The van der Waals surface area contributed by atoms with Gasteiger partial charge in [-0.25, -0.2) is 12.8 Å². The molecule has 2 aliphatic rings. The van der Waals surface area contributed by atoms with Crippen molar-refractivity contribution in [1.82, 2.24) is 9.21 Å². The minimum absolute atomic E-state index is 0.162. The number of hydrogen-bond donors (Lipinski definition) is 0. The summed E-state index contributed by atoms with van der Waals surface area (Å²) < 4.78 is 45.5. The molecule has 0 aliphatic carbocycles. The van der Waals surface area contributed by atoms with Crippen molar-refractivity contribution in [2.75, 3.05) is 51.3 Å². The van der Waals surface area contributed by atoms with Crippen LogP contribution in [0.1, 0.15) is 12.8 Å². The molecule has 0 radical (unpaired) electrons. The quantitative estimate of drug-likeness (QED) is 0.726. The van der Waals surface area contributed by atoms with Crippen molar-refractivity contribution < 1.29 is 17.5 Å². The topological polar surface area (TPSA) is 53.1 Å². The van der Waals surface area contributed by atoms with Crippen LogP contribution in [0.15, 0.2) is 53.4 Å². The first kappa shape index (κ1) is 21.1. The summed E-state index contributed by atoms with van der Waals surface area (Å²) in [6.45, 7) is 4.87. The van der Waals surface area contributed by atoms with Gasteiger partial charge in [0.15, 0.2) is 0 Å². The van der Waals surface area contributed by atoms with Gasteiger partial charge in [0.05, 0.1) is 12.0 Å². The van der Waals surface area contributed by atoms with Crippen LogP contribution in [0.3, 0.4) is 0 Å². The van der Waals surface area contributed by atoms with Gasteiger partial charge in [0.25, 0.3) is 0 Å². The van der Waals surface area contributed by atoms with Gasteiger partial charge in [-0.2, -0.15) is 4.31 Å². The van der Waals surface area contributed by atoms with Gasteiger partial charge < -0.3 is 9.64 Å². The van der Waals surface area contributed by atoms with Gasteiger partial charge in [0.2, 0.25) is 10.0 Å². The van der Waals surface area contributed by atoms with Gasteiger partial charge in [-0.3, -0.25) is 4.90 Å². The number of piperazine rings is 1. The molecule has 0 bridgehead atoms. The van der Waals surface area contributed by atoms with Gasteiger partial charge in [-0.05, 0) is 61.4 Å². The first-order chi connectivity index (χ1) is 14.5. The van der Waals surface area contributed by atoms with Gasteiger partial charge >= 0.3 is 0 Å². The zero-order chi connectivity index (χ0) is 21.1. The fourth-order valence-electron chi connectivity index (χ4n) is 4.34. The van der Waals surface area contributed by atoms with Crippen molar-refractivity contribution in [3.8, 4) is 5.75 Å². The fourth-order valence-corrected chi connectivity index (χ4v) is 5.81. The summed E-state index contributed by atoms with van der Waals surface area (Å²) >= 11 is 0. The van der Waals surface area contributed by atoms with Crippen LogP contribution in [0.2, 0.25) is 0 Å². The largest absolute Gasteiger partial charge is 0.497 e. The van der Waals surface area contributed by atoms with Crippen LogP contribution in [-0.4, -0.2) is 70.0 Å². The summed E-state index contributed by atoms with van der Waals surface area (Å²) in [5, 5.41) is 0. The lowest BCUT2D eigenvalue weighted by Gasteiger charge is -2.43. The molecule has 0 unspecified atom stereocenters. The lowest BCUT2D eigenvalue weighted by molar-refractivity contribution is 0.132. The predicted octanol–water partition coefficient (Wildman–Crippen LogP) is 2.81. The third-order valence-electron chi connectivity index (χ3n) is 6.14. The molecule has 2 fully saturated rings. The number of rotatable bonds is 5. The Morgan fingerprint density at radius 1 is 0.867 bits per heavy atom. The number of benzene rings is 2. The number of piperidine rings is 1. The predicted molar refractivity (Wildman–Crippen MR) is 115 cm³/mol. The Bertz CT molecular complexity index is 935. The van der Waals surface area contributed by atoms with Crippen molar-refractivity contribution in [3.05, 3.63) is 54.3 Å². The number of sulfonamides is 1. The maximum absolute atomic E-state index is 13.1. The summed E-state index contributed by atoms with van der Waals surface area (Å²) in [6.07, 6.45) is 1.64. The van der Waals surface area contributed by atoms with Crippen LogP contribution in [0, 0.1) is 5.82 Å². The van der Waals surface area contributed by atoms with Crippen molar-refractivity contribution in [2.45, 2.75) is 23.8 Å². The molecule has 0 amide bonds. The number of nitrogens with zero attached hydrogens (tertiary/aromatic N) is 3. The first-order valence-corrected chi connectivity index (χ1v) is 11.8. The normalized spacial score (nSPS) is 19.7. The van der Waals surface area contributed by atoms with E-state index < -0.39 is 15.8 Å². The molecule has 4 rings (SSSR count). The molecule has 8 heteroatoms. The van der Waals surface area contributed by atoms with E-state index >= 15 is 0 Å². The summed E-state index contributed by atoms with van der Waals surface area (Å²) in [5.41, 5.74) is 1.20. The Balaban J connectivity index is 1.30. The molecule has 2 aromatic rings. The van der Waals surface area contributed by atoms with Crippen molar-refractivity contribution in [3.63, 3.8) is 0 Å². The third kappa shape index (κ3) is 4.45. The number of halogens is 1. The highest BCUT2D eigenvalue weighted by atomic mass is 32.2. The second kappa shape index (κ2) is 8.91. The number of methoxy groups -OCH3 is 1. The minimum Gasteiger partial charge on any atom is -0.497 e. The Labute approximate surface area is 177 Å². The average molecular weight is 434 g/mol. The molecule has 0 N–H and O–H groups in total. The van der Waals surface area contributed by atoms with Gasteiger partial charge in [0, 0.05) is 51.0 Å². The van der Waals surface area contributed by atoms with E-state index in [0.717, 1.165) is 44.8 Å². The molecule has 0 atom stereocenters. The van der Waals surface area contributed by atoms with Crippen molar-refractivity contribution >= 4 is 15.7 Å². The first-order valence-electron chi connectivity index (χ1n) is 10.4. The van der Waals surface area contributed by atoms with E-state index in [1.807, 2.05) is 12.1 Å². The van der Waals surface area contributed by atoms with E-state index in [2.05, 4.69) is 21.9 Å². The molecule has 0 spiro atoms. The highest BCUT2D eigenvalue weighted by molar-refractivity contribution is 7.89. The van der Waals surface area contributed by atoms with Gasteiger partial charge in [0.1, 0.15) is 11.6 Å². The lowest BCUT2D eigenvalue weighted by Crippen LogP contribution is -2.53. The fraction of sp³-hybridized carbons (Fsp3) is 0.455. The molecule has 30 heavy (non-hydrogen) atoms. The lowest BCUT2D eigenvalue weighted by atomic mass is 10.0. The minimum atomic E-state index is -3.55. The molecule has 2 aliphatic heterocycles. The maximum Gasteiger partial charge on any atom is 0.243 e. The molecular weight excluding hydrogens is 405 g/mol. The molecule has 162 valence electrons. The summed E-state index contributed by atoms with van der Waals surface area (Å²) in [4.78, 5) is 5.03. The summed E-state index contributed by atoms with van der Waals surface area (Å²) in [5.74, 6) is 0.432. The van der Waals surface area contributed by atoms with Crippen LogP contribution >= 0.6 is 0 Å². The summed E-state index contributed by atoms with van der Waals surface area (Å²) in [6, 6.07) is 13.6. The van der Waals surface area contributed by atoms with Gasteiger partial charge in [-0.1, -0.05) is 0 Å². The average Bonchev–Trinajstić information content (AvgIpc) is 2.80. The third-order valence-corrected chi connectivity index (χ3v) is 8.06. The smallest absolute Gasteiger partial charge is 0.243 e. The van der Waals surface area contributed by atoms with E-state index in [-0.39, 0.29) is 4.90 Å². The number of anilines is 1. The second-order valence-electron chi connectivity index (χ2n) is 7.81. The Kier molecular flexibility index (Phi) is 6.26. The molecule has 2 aromatic carbocycles. The highest BCUT2D eigenvalue weighted by Gasteiger charge is 2.32. The second-order valence-corrected chi connectivity index (χ2v) is 9.75. The van der Waals surface area contributed by atoms with E-state index in [4.69, 9.17) is 4.74 Å². The molecular formula is C22H28FN3O3S. The van der Waals surface area contributed by atoms with E-state index in [1.165, 1.54) is 34.3 Å². The Morgan fingerprint density at radius 3 is 2.03 bits per heavy atom. The Morgan fingerprint density at radius 2 is 1.47 bits per heavy atom. The van der Waals surface area contributed by atoms with E-state index in [0.29, 0.717) is 19.1 Å². The van der Waals surface area contributed by atoms with E-state index in [9.17, 15) is 12.8 Å².